The lowest BCUT2D eigenvalue weighted by molar-refractivity contribution is -0.141. The Bertz CT molecular complexity index is 837. The molecule has 4 nitrogen and oxygen atoms in total. The Balaban J connectivity index is 1.89. The molecule has 1 aliphatic rings. The Labute approximate surface area is 173 Å². The van der Waals surface area contributed by atoms with E-state index in [1.54, 1.807) is 35.3 Å². The molecular formula is C21H24ClFN2O2S. The molecule has 2 unspecified atom stereocenters. The second-order valence-electron chi connectivity index (χ2n) is 6.97. The molecule has 0 saturated heterocycles. The molecule has 2 heterocycles. The van der Waals surface area contributed by atoms with Crippen LogP contribution < -0.4 is 0 Å². The molecule has 2 amide bonds. The molecule has 1 aromatic carbocycles. The van der Waals surface area contributed by atoms with Crippen LogP contribution >= 0.6 is 22.9 Å². The summed E-state index contributed by atoms with van der Waals surface area (Å²) in [5.74, 6) is -0.660. The molecule has 2 atom stereocenters. The highest BCUT2D eigenvalue weighted by Crippen LogP contribution is 2.37. The van der Waals surface area contributed by atoms with Gasteiger partial charge in [-0.1, -0.05) is 19.1 Å². The maximum atomic E-state index is 13.4. The van der Waals surface area contributed by atoms with Crippen LogP contribution in [-0.2, 0) is 16.0 Å². The number of carbonyl (C=O) groups is 2. The van der Waals surface area contributed by atoms with Crippen LogP contribution in [0.5, 0.6) is 0 Å². The molecule has 28 heavy (non-hydrogen) atoms. The second kappa shape index (κ2) is 9.05. The lowest BCUT2D eigenvalue weighted by Gasteiger charge is -2.37. The third-order valence-corrected chi connectivity index (χ3v) is 6.13. The molecule has 1 aromatic heterocycles. The maximum absolute atomic E-state index is 13.4. The normalized spacial score (nSPS) is 17.1. The van der Waals surface area contributed by atoms with E-state index in [4.69, 9.17) is 11.6 Å². The van der Waals surface area contributed by atoms with Crippen LogP contribution in [0.4, 0.5) is 4.39 Å². The van der Waals surface area contributed by atoms with Crippen molar-refractivity contribution in [2.24, 2.45) is 0 Å². The van der Waals surface area contributed by atoms with Crippen molar-refractivity contribution in [2.75, 3.05) is 19.6 Å². The Hall–Kier alpha value is -1.92. The Morgan fingerprint density at radius 1 is 1.32 bits per heavy atom. The number of halogens is 2. The predicted octanol–water partition coefficient (Wildman–Crippen LogP) is 4.23. The van der Waals surface area contributed by atoms with Crippen LogP contribution in [0.1, 0.15) is 42.3 Å². The van der Waals surface area contributed by atoms with E-state index in [0.717, 1.165) is 24.0 Å². The number of fused-ring (bicyclic) bond motifs is 1. The number of rotatable bonds is 6. The van der Waals surface area contributed by atoms with Crippen molar-refractivity contribution in [3.05, 3.63) is 57.5 Å². The molecule has 0 bridgehead atoms. The highest BCUT2D eigenvalue weighted by molar-refractivity contribution is 7.10. The van der Waals surface area contributed by atoms with E-state index in [9.17, 15) is 14.0 Å². The van der Waals surface area contributed by atoms with Crippen LogP contribution in [0.25, 0.3) is 0 Å². The van der Waals surface area contributed by atoms with Crippen molar-refractivity contribution in [1.82, 2.24) is 9.80 Å². The Kier molecular flexibility index (Phi) is 6.73. The van der Waals surface area contributed by atoms with Gasteiger partial charge in [0.1, 0.15) is 11.2 Å². The Morgan fingerprint density at radius 2 is 2.04 bits per heavy atom. The van der Waals surface area contributed by atoms with Gasteiger partial charge in [0.05, 0.1) is 12.6 Å². The molecule has 0 aliphatic carbocycles. The highest BCUT2D eigenvalue weighted by Gasteiger charge is 2.34. The van der Waals surface area contributed by atoms with Gasteiger partial charge >= 0.3 is 0 Å². The highest BCUT2D eigenvalue weighted by atomic mass is 35.5. The summed E-state index contributed by atoms with van der Waals surface area (Å²) in [5.41, 5.74) is 1.95. The molecule has 3 rings (SSSR count). The number of carbonyl (C=O) groups excluding carboxylic acids is 2. The first kappa shape index (κ1) is 20.8. The zero-order valence-electron chi connectivity index (χ0n) is 16.0. The average Bonchev–Trinajstić information content (AvgIpc) is 3.15. The lowest BCUT2D eigenvalue weighted by atomic mass is 9.93. The standard InChI is InChI=1S/C21H24ClFN2O2S/c1-3-10-24(21(27)14(2)22)13-19(26)25-11-8-18-17(9-12-28-18)20(25)15-4-6-16(23)7-5-15/h4-7,9,12,14,20H,3,8,10-11,13H2,1-2H3. The van der Waals surface area contributed by atoms with Gasteiger partial charge in [-0.15, -0.1) is 22.9 Å². The second-order valence-corrected chi connectivity index (χ2v) is 8.62. The van der Waals surface area contributed by atoms with Gasteiger partial charge in [-0.3, -0.25) is 9.59 Å². The van der Waals surface area contributed by atoms with Crippen LogP contribution in [0.2, 0.25) is 0 Å². The molecule has 0 fully saturated rings. The van der Waals surface area contributed by atoms with E-state index in [1.807, 2.05) is 18.4 Å². The SMILES string of the molecule is CCCN(CC(=O)N1CCc2sccc2C1c1ccc(F)cc1)C(=O)C(C)Cl. The quantitative estimate of drug-likeness (QED) is 0.654. The summed E-state index contributed by atoms with van der Waals surface area (Å²) in [5, 5.41) is 1.36. The molecule has 0 saturated carbocycles. The summed E-state index contributed by atoms with van der Waals surface area (Å²) in [6, 6.07) is 8.05. The summed E-state index contributed by atoms with van der Waals surface area (Å²) >= 11 is 7.65. The van der Waals surface area contributed by atoms with Gasteiger partial charge in [0.25, 0.3) is 0 Å². The summed E-state index contributed by atoms with van der Waals surface area (Å²) < 4.78 is 13.4. The van der Waals surface area contributed by atoms with Crippen LogP contribution in [-0.4, -0.2) is 46.6 Å². The molecule has 1 aliphatic heterocycles. The van der Waals surface area contributed by atoms with Crippen molar-refractivity contribution in [2.45, 2.75) is 38.1 Å². The van der Waals surface area contributed by atoms with Crippen molar-refractivity contribution < 1.29 is 14.0 Å². The van der Waals surface area contributed by atoms with Gasteiger partial charge in [-0.25, -0.2) is 4.39 Å². The number of nitrogens with zero attached hydrogens (tertiary/aromatic N) is 2. The number of amides is 2. The van der Waals surface area contributed by atoms with Crippen LogP contribution in [0, 0.1) is 5.82 Å². The van der Waals surface area contributed by atoms with E-state index in [0.29, 0.717) is 13.1 Å². The minimum absolute atomic E-state index is 0.000891. The number of alkyl halides is 1. The largest absolute Gasteiger partial charge is 0.332 e. The third kappa shape index (κ3) is 4.39. The van der Waals surface area contributed by atoms with E-state index >= 15 is 0 Å². The molecule has 2 aromatic rings. The lowest BCUT2D eigenvalue weighted by Crippen LogP contribution is -2.48. The topological polar surface area (TPSA) is 40.6 Å². The van der Waals surface area contributed by atoms with Gasteiger partial charge in [-0.05, 0) is 54.5 Å². The number of benzene rings is 1. The first-order valence-corrected chi connectivity index (χ1v) is 10.8. The number of hydrogen-bond donors (Lipinski definition) is 0. The predicted molar refractivity (Wildman–Crippen MR) is 110 cm³/mol. The number of hydrogen-bond acceptors (Lipinski definition) is 3. The van der Waals surface area contributed by atoms with E-state index in [2.05, 4.69) is 0 Å². The Morgan fingerprint density at radius 3 is 2.68 bits per heavy atom. The van der Waals surface area contributed by atoms with Gasteiger partial charge in [-0.2, -0.15) is 0 Å². The zero-order chi connectivity index (χ0) is 20.3. The number of thiophene rings is 1. The molecular weight excluding hydrogens is 399 g/mol. The zero-order valence-corrected chi connectivity index (χ0v) is 17.6. The average molecular weight is 423 g/mol. The summed E-state index contributed by atoms with van der Waals surface area (Å²) in [6.07, 6.45) is 1.53. The monoisotopic (exact) mass is 422 g/mol. The smallest absolute Gasteiger partial charge is 0.242 e. The minimum Gasteiger partial charge on any atom is -0.332 e. The van der Waals surface area contributed by atoms with Crippen molar-refractivity contribution >= 4 is 34.8 Å². The van der Waals surface area contributed by atoms with Gasteiger partial charge in [0, 0.05) is 18.0 Å². The van der Waals surface area contributed by atoms with Gasteiger partial charge < -0.3 is 9.80 Å². The molecule has 150 valence electrons. The van der Waals surface area contributed by atoms with Crippen LogP contribution in [0.3, 0.4) is 0 Å². The fraction of sp³-hybridized carbons (Fsp3) is 0.429. The third-order valence-electron chi connectivity index (χ3n) is 4.94. The summed E-state index contributed by atoms with van der Waals surface area (Å²) in [7, 11) is 0. The van der Waals surface area contributed by atoms with Crippen molar-refractivity contribution in [3.63, 3.8) is 0 Å². The van der Waals surface area contributed by atoms with E-state index in [-0.39, 0.29) is 30.2 Å². The molecule has 7 heteroatoms. The van der Waals surface area contributed by atoms with E-state index in [1.165, 1.54) is 21.9 Å². The molecule has 0 radical (unpaired) electrons. The van der Waals surface area contributed by atoms with Crippen LogP contribution in [0.15, 0.2) is 35.7 Å². The fourth-order valence-corrected chi connectivity index (χ4v) is 4.67. The summed E-state index contributed by atoms with van der Waals surface area (Å²) in [4.78, 5) is 30.2. The van der Waals surface area contributed by atoms with E-state index < -0.39 is 5.38 Å². The fourth-order valence-electron chi connectivity index (χ4n) is 3.63. The first-order valence-electron chi connectivity index (χ1n) is 9.46. The summed E-state index contributed by atoms with van der Waals surface area (Å²) in [6.45, 7) is 4.64. The molecule has 0 N–H and O–H groups in total. The van der Waals surface area contributed by atoms with Gasteiger partial charge in [0.15, 0.2) is 0 Å². The van der Waals surface area contributed by atoms with Crippen molar-refractivity contribution in [3.8, 4) is 0 Å². The first-order chi connectivity index (χ1) is 13.4. The maximum Gasteiger partial charge on any atom is 0.242 e. The van der Waals surface area contributed by atoms with Crippen molar-refractivity contribution in [1.29, 1.82) is 0 Å². The minimum atomic E-state index is -0.669. The molecule has 0 spiro atoms. The van der Waals surface area contributed by atoms with Gasteiger partial charge in [0.2, 0.25) is 11.8 Å².